The van der Waals surface area contributed by atoms with Crippen LogP contribution < -0.4 is 16.0 Å². The summed E-state index contributed by atoms with van der Waals surface area (Å²) in [6.07, 6.45) is 0.0534. The number of hydrogen-bond acceptors (Lipinski definition) is 26. The molecule has 132 heavy (non-hydrogen) atoms. The van der Waals surface area contributed by atoms with Crippen LogP contribution in [0.15, 0.2) is 106 Å². The second-order valence-corrected chi connectivity index (χ2v) is 35.5. The number of amides is 3. The number of rotatable bonds is 68. The summed E-state index contributed by atoms with van der Waals surface area (Å²) in [6, 6.07) is 25.5. The first-order chi connectivity index (χ1) is 63.5. The standard InChI is InChI=1S/C96H142N12O24/c1-64-67(4)83(55-103-106-97)130-93(70(64)7)124-58-80(127-90(118)73-28-16-10-17-29-73)41-37-76(109)34-22-13-25-48-100-86(113)45-51-121-61-96(54-79(112)40-44-89(116)117,62-122-52-46-87(114)101-49-26-14-23-35-77(110)38-42-81(128-91(119)74-30-18-11-19-31-74)59-125-94-71(8)65(2)68(5)84(131-94)56-104-107-98)63-123-53-47-88(115)102-50-27-15-24-36-78(111)39-43-82(129-92(120)75-32-20-12-21-33-75)60-126-95-72(9)66(3)69(6)85(132-95)57-105-108-99/h10-12,16-21,28-33,64-72,80-85,93-95H,13-15,22-27,34-63H2,1-9H3,(H,100,113)(H,101,114)(H,102,115)(H,116,117). The van der Waals surface area contributed by atoms with Crippen molar-refractivity contribution in [2.24, 2.45) is 74.0 Å². The highest BCUT2D eigenvalue weighted by atomic mass is 16.7. The van der Waals surface area contributed by atoms with E-state index in [0.29, 0.717) is 94.1 Å². The van der Waals surface area contributed by atoms with Crippen molar-refractivity contribution < 1.29 is 115 Å². The molecule has 730 valence electrons. The Balaban J connectivity index is 0.978. The van der Waals surface area contributed by atoms with E-state index in [9.17, 15) is 57.8 Å². The van der Waals surface area contributed by atoms with Crippen LogP contribution in [0, 0.1) is 58.7 Å². The van der Waals surface area contributed by atoms with Gasteiger partial charge in [-0.2, -0.15) is 0 Å². The lowest BCUT2D eigenvalue weighted by atomic mass is 9.79. The van der Waals surface area contributed by atoms with Crippen LogP contribution >= 0.6 is 0 Å². The largest absolute Gasteiger partial charge is 0.481 e. The lowest BCUT2D eigenvalue weighted by Crippen LogP contribution is -2.47. The number of carbonyl (C=O) groups excluding carboxylic acids is 10. The van der Waals surface area contributed by atoms with Crippen LogP contribution in [-0.2, 0) is 95.2 Å². The Kier molecular flexibility index (Phi) is 52.6. The predicted molar refractivity (Wildman–Crippen MR) is 488 cm³/mol. The zero-order valence-corrected chi connectivity index (χ0v) is 78.5. The zero-order valence-electron chi connectivity index (χ0n) is 78.5. The molecule has 3 heterocycles. The highest BCUT2D eigenvalue weighted by Crippen LogP contribution is 2.39. The Labute approximate surface area is 775 Å². The fourth-order valence-electron chi connectivity index (χ4n) is 16.1. The number of nitrogens with zero attached hydrogens (tertiary/aromatic N) is 9. The zero-order chi connectivity index (χ0) is 96.0. The van der Waals surface area contributed by atoms with Crippen LogP contribution in [0.1, 0.15) is 247 Å². The third-order valence-corrected chi connectivity index (χ3v) is 25.5. The van der Waals surface area contributed by atoms with E-state index in [2.05, 4.69) is 66.8 Å². The van der Waals surface area contributed by atoms with Gasteiger partial charge >= 0.3 is 23.9 Å². The molecule has 3 aliphatic rings. The monoisotopic (exact) mass is 1850 g/mol. The van der Waals surface area contributed by atoms with Crippen molar-refractivity contribution in [3.8, 4) is 0 Å². The van der Waals surface area contributed by atoms with Gasteiger partial charge in [0.15, 0.2) is 18.9 Å². The van der Waals surface area contributed by atoms with Gasteiger partial charge in [-0.25, -0.2) is 14.4 Å². The second kappa shape index (κ2) is 62.6. The van der Waals surface area contributed by atoms with Crippen LogP contribution in [0.5, 0.6) is 0 Å². The fraction of sp³-hybridized carbons (Fsp3) is 0.698. The Hall–Kier alpha value is -9.80. The molecule has 0 saturated carbocycles. The topological polar surface area (TPSA) is 501 Å². The van der Waals surface area contributed by atoms with Crippen LogP contribution in [0.2, 0.25) is 0 Å². The molecular weight excluding hydrogens is 1710 g/mol. The average Bonchev–Trinajstić information content (AvgIpc) is 0.820. The number of ketones is 4. The molecule has 3 aliphatic heterocycles. The molecule has 6 rings (SSSR count). The van der Waals surface area contributed by atoms with E-state index in [1.165, 1.54) is 0 Å². The van der Waals surface area contributed by atoms with Crippen LogP contribution in [0.25, 0.3) is 31.3 Å². The van der Waals surface area contributed by atoms with E-state index in [1.54, 1.807) is 91.0 Å². The molecule has 36 nitrogen and oxygen atoms in total. The van der Waals surface area contributed by atoms with Crippen LogP contribution in [-0.4, -0.2) is 224 Å². The second-order valence-electron chi connectivity index (χ2n) is 35.5. The van der Waals surface area contributed by atoms with Crippen molar-refractivity contribution in [1.82, 2.24) is 16.0 Å². The van der Waals surface area contributed by atoms with E-state index in [4.69, 9.17) is 73.4 Å². The van der Waals surface area contributed by atoms with Crippen molar-refractivity contribution in [3.63, 3.8) is 0 Å². The third-order valence-electron chi connectivity index (χ3n) is 25.5. The van der Waals surface area contributed by atoms with E-state index in [1.807, 2.05) is 41.5 Å². The Bertz CT molecular complexity index is 3770. The van der Waals surface area contributed by atoms with Gasteiger partial charge in [0.05, 0.1) is 121 Å². The molecule has 0 bridgehead atoms. The number of benzene rings is 3. The fourth-order valence-corrected chi connectivity index (χ4v) is 16.1. The lowest BCUT2D eigenvalue weighted by Gasteiger charge is -2.43. The minimum absolute atomic E-state index is 0.0305. The molecule has 36 heteroatoms. The summed E-state index contributed by atoms with van der Waals surface area (Å²) in [5.74, 6) is -3.77. The van der Waals surface area contributed by atoms with Crippen LogP contribution in [0.3, 0.4) is 0 Å². The molecule has 3 fully saturated rings. The van der Waals surface area contributed by atoms with Gasteiger partial charge in [-0.05, 0) is 146 Å². The summed E-state index contributed by atoms with van der Waals surface area (Å²) in [7, 11) is 0. The van der Waals surface area contributed by atoms with Crippen molar-refractivity contribution in [1.29, 1.82) is 0 Å². The van der Waals surface area contributed by atoms with Gasteiger partial charge in [0.2, 0.25) is 17.7 Å². The van der Waals surface area contributed by atoms with Gasteiger partial charge in [-0.15, -0.1) is 0 Å². The number of carboxylic acids is 1. The number of nitrogens with one attached hydrogen (secondary N) is 3. The van der Waals surface area contributed by atoms with Crippen molar-refractivity contribution in [3.05, 3.63) is 139 Å². The Morgan fingerprint density at radius 3 is 0.924 bits per heavy atom. The van der Waals surface area contributed by atoms with Gasteiger partial charge in [0.25, 0.3) is 0 Å². The smallest absolute Gasteiger partial charge is 0.338 e. The van der Waals surface area contributed by atoms with Gasteiger partial charge in [0, 0.05) is 128 Å². The number of carboxylic acid groups (broad SMARTS) is 1. The summed E-state index contributed by atoms with van der Waals surface area (Å²) >= 11 is 0. The highest BCUT2D eigenvalue weighted by Gasteiger charge is 2.44. The lowest BCUT2D eigenvalue weighted by molar-refractivity contribution is -0.251. The Morgan fingerprint density at radius 1 is 0.364 bits per heavy atom. The van der Waals surface area contributed by atoms with Crippen molar-refractivity contribution >= 4 is 64.7 Å². The third kappa shape index (κ3) is 42.2. The summed E-state index contributed by atoms with van der Waals surface area (Å²) in [5.41, 5.74) is 26.7. The van der Waals surface area contributed by atoms with E-state index in [-0.39, 0.29) is 276 Å². The normalized spacial score (nSPS) is 22.8. The Morgan fingerprint density at radius 2 is 0.652 bits per heavy atom. The number of unbranched alkanes of at least 4 members (excludes halogenated alkanes) is 6. The van der Waals surface area contributed by atoms with Crippen LogP contribution in [0.4, 0.5) is 0 Å². The number of aliphatic carboxylic acids is 1. The summed E-state index contributed by atoms with van der Waals surface area (Å²) in [4.78, 5) is 154. The van der Waals surface area contributed by atoms with Crippen molar-refractivity contribution in [2.75, 3.05) is 98.7 Å². The summed E-state index contributed by atoms with van der Waals surface area (Å²) in [5, 5.41) is 29.4. The molecule has 0 aliphatic carbocycles. The predicted octanol–water partition coefficient (Wildman–Crippen LogP) is 15.7. The molecule has 0 radical (unpaired) electrons. The summed E-state index contributed by atoms with van der Waals surface area (Å²) in [6.45, 7) is 18.6. The van der Waals surface area contributed by atoms with Gasteiger partial charge in [-0.3, -0.25) is 38.4 Å². The molecule has 18 unspecified atom stereocenters. The number of azide groups is 3. The molecule has 0 aromatic heterocycles. The quantitative estimate of drug-likeness (QED) is 0.0102. The molecule has 18 atom stereocenters. The molecule has 3 saturated heterocycles. The van der Waals surface area contributed by atoms with Crippen molar-refractivity contribution in [2.45, 2.75) is 272 Å². The molecule has 3 aromatic rings. The van der Waals surface area contributed by atoms with Gasteiger partial charge < -0.3 is 77.9 Å². The first-order valence-electron chi connectivity index (χ1n) is 47.0. The number of hydrogen-bond donors (Lipinski definition) is 4. The minimum atomic E-state index is -1.30. The highest BCUT2D eigenvalue weighted by molar-refractivity contribution is 5.91. The van der Waals surface area contributed by atoms with Gasteiger partial charge in [-0.1, -0.05) is 152 Å². The average molecular weight is 1850 g/mol. The SMILES string of the molecule is CC1C(CN=[N+]=[N-])OC(OCC(CCC(=O)CCCCCNC(=O)CCOCC(COCCC(=O)NCCCCCC(=O)CCC(COC2OC(CN=[N+]=[N-])C(C)C(C)C2C)OC(=O)c2ccccc2)(COCCC(=O)NCCCCCC(=O)CCC(COC2OC(CN=[N+]=[N-])C(C)C(C)C2C)OC(=O)c2ccccc2)CC(=O)CCC(=O)O)OC(=O)c2ccccc2)C(C)C1C. The van der Waals surface area contributed by atoms with E-state index < -0.39 is 78.7 Å². The van der Waals surface area contributed by atoms with E-state index in [0.717, 1.165) is 0 Å². The maximum absolute atomic E-state index is 13.7. The molecule has 0 spiro atoms. The molecule has 4 N–H and O–H groups in total. The molecular formula is C96H142N12O24. The van der Waals surface area contributed by atoms with Gasteiger partial charge in [0.1, 0.15) is 41.4 Å². The number of Topliss-reactive ketones (excluding diaryl/α,β-unsaturated/α-hetero) is 4. The number of carbonyl (C=O) groups is 11. The number of ether oxygens (including phenoxy) is 12. The summed E-state index contributed by atoms with van der Waals surface area (Å²) < 4.78 is 73.6. The first-order valence-corrected chi connectivity index (χ1v) is 47.0. The number of esters is 3. The van der Waals surface area contributed by atoms with E-state index >= 15 is 0 Å². The molecule has 3 aromatic carbocycles. The minimum Gasteiger partial charge on any atom is -0.481 e. The maximum Gasteiger partial charge on any atom is 0.338 e. The first kappa shape index (κ1) is 111. The maximum atomic E-state index is 13.7. The molecule has 3 amide bonds.